The Balaban J connectivity index is 0.00000441. The predicted octanol–water partition coefficient (Wildman–Crippen LogP) is 4.24. The van der Waals surface area contributed by atoms with Gasteiger partial charge in [0.2, 0.25) is 0 Å². The smallest absolute Gasteiger partial charge is 0.387 e. The molecule has 0 aromatic heterocycles. The summed E-state index contributed by atoms with van der Waals surface area (Å²) in [5.41, 5.74) is 0.394. The van der Waals surface area contributed by atoms with Crippen LogP contribution in [0, 0.1) is 0 Å². The summed E-state index contributed by atoms with van der Waals surface area (Å²) in [7, 11) is 3.64. The molecule has 1 rings (SSSR count). The molecule has 1 N–H and O–H groups in total. The van der Waals surface area contributed by atoms with Crippen molar-refractivity contribution in [1.29, 1.82) is 0 Å². The number of alkyl halides is 2. The van der Waals surface area contributed by atoms with Gasteiger partial charge in [-0.25, -0.2) is 4.99 Å². The van der Waals surface area contributed by atoms with Crippen LogP contribution in [-0.2, 0) is 6.54 Å². The molecular formula is C13H18Cl2F2IN3O. The van der Waals surface area contributed by atoms with E-state index in [1.807, 2.05) is 21.0 Å². The Morgan fingerprint density at radius 3 is 2.50 bits per heavy atom. The third-order valence-electron chi connectivity index (χ3n) is 2.45. The lowest BCUT2D eigenvalue weighted by Gasteiger charge is -2.17. The van der Waals surface area contributed by atoms with Crippen LogP contribution in [0.4, 0.5) is 8.78 Å². The van der Waals surface area contributed by atoms with Crippen molar-refractivity contribution >= 4 is 53.1 Å². The van der Waals surface area contributed by atoms with Gasteiger partial charge in [-0.15, -0.1) is 24.0 Å². The molecule has 9 heteroatoms. The molecule has 0 bridgehead atoms. The SMILES string of the molecule is CCNC(=NCc1cc(Cl)cc(Cl)c1OC(F)F)N(C)C.I. The largest absolute Gasteiger partial charge is 0.433 e. The van der Waals surface area contributed by atoms with Gasteiger partial charge in [0, 0.05) is 31.2 Å². The molecule has 0 unspecified atom stereocenters. The second-order valence-corrected chi connectivity index (χ2v) is 5.16. The van der Waals surface area contributed by atoms with Crippen molar-refractivity contribution in [3.8, 4) is 5.75 Å². The number of ether oxygens (including phenoxy) is 1. The van der Waals surface area contributed by atoms with Gasteiger partial charge in [0.25, 0.3) is 0 Å². The molecule has 0 aliphatic heterocycles. The Bertz CT molecular complexity index is 516. The van der Waals surface area contributed by atoms with Gasteiger partial charge in [-0.3, -0.25) is 0 Å². The standard InChI is InChI=1S/C13H17Cl2F2N3O.HI/c1-4-18-13(20(2)3)19-7-8-5-9(14)6-10(15)11(8)21-12(16)17;/h5-6,12H,4,7H2,1-3H3,(H,18,19);1H. The summed E-state index contributed by atoms with van der Waals surface area (Å²) in [5, 5.41) is 3.43. The lowest BCUT2D eigenvalue weighted by molar-refractivity contribution is -0.0503. The quantitative estimate of drug-likeness (QED) is 0.399. The van der Waals surface area contributed by atoms with E-state index in [2.05, 4.69) is 15.0 Å². The van der Waals surface area contributed by atoms with E-state index in [-0.39, 0.29) is 41.3 Å². The minimum atomic E-state index is -2.96. The van der Waals surface area contributed by atoms with E-state index in [0.29, 0.717) is 23.1 Å². The van der Waals surface area contributed by atoms with Crippen molar-refractivity contribution in [1.82, 2.24) is 10.2 Å². The Kier molecular flexibility index (Phi) is 10.0. The molecular weight excluding hydrogens is 450 g/mol. The fourth-order valence-electron chi connectivity index (χ4n) is 1.63. The van der Waals surface area contributed by atoms with Gasteiger partial charge in [-0.2, -0.15) is 8.78 Å². The van der Waals surface area contributed by atoms with Crippen molar-refractivity contribution in [3.63, 3.8) is 0 Å². The molecule has 0 atom stereocenters. The first kappa shape index (κ1) is 21.5. The number of benzene rings is 1. The molecule has 22 heavy (non-hydrogen) atoms. The van der Waals surface area contributed by atoms with Gasteiger partial charge in [0.15, 0.2) is 5.96 Å². The van der Waals surface area contributed by atoms with E-state index in [1.165, 1.54) is 12.1 Å². The number of hydrogen-bond donors (Lipinski definition) is 1. The number of hydrogen-bond acceptors (Lipinski definition) is 2. The molecule has 0 heterocycles. The summed E-state index contributed by atoms with van der Waals surface area (Å²) in [4.78, 5) is 6.10. The minimum absolute atomic E-state index is 0. The van der Waals surface area contributed by atoms with Crippen LogP contribution in [0.3, 0.4) is 0 Å². The fraction of sp³-hybridized carbons (Fsp3) is 0.462. The van der Waals surface area contributed by atoms with Gasteiger partial charge in [0.1, 0.15) is 5.75 Å². The molecule has 1 aromatic carbocycles. The Hall–Kier alpha value is -0.540. The van der Waals surface area contributed by atoms with E-state index in [1.54, 1.807) is 4.90 Å². The maximum Gasteiger partial charge on any atom is 0.387 e. The average molecular weight is 468 g/mol. The summed E-state index contributed by atoms with van der Waals surface area (Å²) >= 11 is 11.8. The molecule has 0 fully saturated rings. The molecule has 0 aliphatic rings. The van der Waals surface area contributed by atoms with Crippen LogP contribution in [-0.4, -0.2) is 38.1 Å². The number of guanidine groups is 1. The van der Waals surface area contributed by atoms with Gasteiger partial charge < -0.3 is 15.0 Å². The van der Waals surface area contributed by atoms with Gasteiger partial charge >= 0.3 is 6.61 Å². The summed E-state index contributed by atoms with van der Waals surface area (Å²) < 4.78 is 29.4. The topological polar surface area (TPSA) is 36.9 Å². The second kappa shape index (κ2) is 10.3. The minimum Gasteiger partial charge on any atom is -0.433 e. The molecule has 0 radical (unpaired) electrons. The number of aliphatic imine (C=N–C) groups is 1. The Labute approximate surface area is 155 Å². The zero-order valence-corrected chi connectivity index (χ0v) is 16.2. The van der Waals surface area contributed by atoms with Crippen LogP contribution in [0.2, 0.25) is 10.0 Å². The first-order chi connectivity index (χ1) is 9.85. The number of rotatable bonds is 5. The van der Waals surface area contributed by atoms with Crippen LogP contribution >= 0.6 is 47.2 Å². The highest BCUT2D eigenvalue weighted by Crippen LogP contribution is 2.34. The van der Waals surface area contributed by atoms with Gasteiger partial charge in [0.05, 0.1) is 11.6 Å². The summed E-state index contributed by atoms with van der Waals surface area (Å²) in [5.74, 6) is 0.519. The third-order valence-corrected chi connectivity index (χ3v) is 2.95. The van der Waals surface area contributed by atoms with Crippen LogP contribution in [0.5, 0.6) is 5.75 Å². The number of halogens is 5. The summed E-state index contributed by atoms with van der Waals surface area (Å²) in [6.45, 7) is -0.231. The molecule has 0 spiro atoms. The first-order valence-corrected chi connectivity index (χ1v) is 6.99. The van der Waals surface area contributed by atoms with Gasteiger partial charge in [-0.1, -0.05) is 23.2 Å². The normalized spacial score (nSPS) is 11.2. The van der Waals surface area contributed by atoms with Crippen molar-refractivity contribution in [2.45, 2.75) is 20.1 Å². The van der Waals surface area contributed by atoms with Crippen molar-refractivity contribution in [2.75, 3.05) is 20.6 Å². The van der Waals surface area contributed by atoms with Crippen LogP contribution < -0.4 is 10.1 Å². The van der Waals surface area contributed by atoms with E-state index >= 15 is 0 Å². The van der Waals surface area contributed by atoms with Crippen LogP contribution in [0.1, 0.15) is 12.5 Å². The first-order valence-electron chi connectivity index (χ1n) is 6.23. The second-order valence-electron chi connectivity index (χ2n) is 4.32. The molecule has 0 amide bonds. The molecule has 1 aromatic rings. The van der Waals surface area contributed by atoms with E-state index < -0.39 is 6.61 Å². The highest BCUT2D eigenvalue weighted by atomic mass is 127. The van der Waals surface area contributed by atoms with E-state index in [9.17, 15) is 8.78 Å². The molecule has 0 saturated heterocycles. The van der Waals surface area contributed by atoms with Crippen LogP contribution in [0.25, 0.3) is 0 Å². The monoisotopic (exact) mass is 467 g/mol. The van der Waals surface area contributed by atoms with E-state index in [0.717, 1.165) is 0 Å². The van der Waals surface area contributed by atoms with Gasteiger partial charge in [-0.05, 0) is 19.1 Å². The lowest BCUT2D eigenvalue weighted by Crippen LogP contribution is -2.36. The average Bonchev–Trinajstić information content (AvgIpc) is 2.37. The molecule has 126 valence electrons. The predicted molar refractivity (Wildman–Crippen MR) is 97.0 cm³/mol. The lowest BCUT2D eigenvalue weighted by atomic mass is 10.2. The molecule has 0 saturated carbocycles. The van der Waals surface area contributed by atoms with Crippen molar-refractivity contribution in [3.05, 3.63) is 27.7 Å². The van der Waals surface area contributed by atoms with E-state index in [4.69, 9.17) is 23.2 Å². The Morgan fingerprint density at radius 2 is 2.00 bits per heavy atom. The highest BCUT2D eigenvalue weighted by Gasteiger charge is 2.15. The molecule has 4 nitrogen and oxygen atoms in total. The highest BCUT2D eigenvalue weighted by molar-refractivity contribution is 14.0. The fourth-order valence-corrected chi connectivity index (χ4v) is 2.21. The summed E-state index contributed by atoms with van der Waals surface area (Å²) in [6, 6.07) is 2.86. The Morgan fingerprint density at radius 1 is 1.36 bits per heavy atom. The zero-order valence-electron chi connectivity index (χ0n) is 12.4. The third kappa shape index (κ3) is 6.70. The maximum atomic E-state index is 12.5. The zero-order chi connectivity index (χ0) is 16.0. The van der Waals surface area contributed by atoms with Crippen molar-refractivity contribution < 1.29 is 13.5 Å². The van der Waals surface area contributed by atoms with Crippen molar-refractivity contribution in [2.24, 2.45) is 4.99 Å². The maximum absolute atomic E-state index is 12.5. The number of nitrogens with zero attached hydrogens (tertiary/aromatic N) is 2. The summed E-state index contributed by atoms with van der Waals surface area (Å²) in [6.07, 6.45) is 0. The number of nitrogens with one attached hydrogen (secondary N) is 1. The van der Waals surface area contributed by atoms with Crippen LogP contribution in [0.15, 0.2) is 17.1 Å². The molecule has 0 aliphatic carbocycles.